The van der Waals surface area contributed by atoms with Crippen molar-refractivity contribution in [3.63, 3.8) is 0 Å². The van der Waals surface area contributed by atoms with Gasteiger partial charge in [-0.2, -0.15) is 0 Å². The van der Waals surface area contributed by atoms with Gasteiger partial charge in [0, 0.05) is 6.04 Å². The zero-order chi connectivity index (χ0) is 13.9. The summed E-state index contributed by atoms with van der Waals surface area (Å²) in [4.78, 5) is -0.165. The van der Waals surface area contributed by atoms with Crippen LogP contribution in [0.2, 0.25) is 0 Å². The van der Waals surface area contributed by atoms with Crippen LogP contribution in [0.5, 0.6) is 0 Å². The molecule has 0 aliphatic carbocycles. The highest BCUT2D eigenvalue weighted by molar-refractivity contribution is 9.10. The van der Waals surface area contributed by atoms with Gasteiger partial charge in [-0.05, 0) is 40.0 Å². The highest BCUT2D eigenvalue weighted by Crippen LogP contribution is 2.19. The van der Waals surface area contributed by atoms with Gasteiger partial charge in [0.25, 0.3) is 0 Å². The second kappa shape index (κ2) is 6.10. The Morgan fingerprint density at radius 1 is 1.44 bits per heavy atom. The molecule has 1 rings (SSSR count). The zero-order valence-corrected chi connectivity index (χ0v) is 12.4. The molecule has 4 nitrogen and oxygen atoms in total. The number of rotatable bonds is 5. The summed E-state index contributed by atoms with van der Waals surface area (Å²) in [6.45, 7) is 3.26. The first-order valence-electron chi connectivity index (χ1n) is 5.36. The molecule has 0 aliphatic rings. The van der Waals surface area contributed by atoms with E-state index in [0.29, 0.717) is 0 Å². The molecule has 0 aromatic heterocycles. The normalized spacial score (nSPS) is 13.9. The number of benzene rings is 1. The summed E-state index contributed by atoms with van der Waals surface area (Å²) < 4.78 is 39.8. The Bertz CT molecular complexity index is 519. The van der Waals surface area contributed by atoms with E-state index in [1.54, 1.807) is 13.8 Å². The van der Waals surface area contributed by atoms with Gasteiger partial charge in [0.2, 0.25) is 10.0 Å². The molecule has 102 valence electrons. The number of nitrogens with one attached hydrogen (secondary N) is 1. The molecule has 1 aromatic carbocycles. The van der Waals surface area contributed by atoms with Gasteiger partial charge in [-0.25, -0.2) is 17.5 Å². The van der Waals surface area contributed by atoms with Gasteiger partial charge in [0.05, 0.1) is 16.0 Å². The van der Waals surface area contributed by atoms with E-state index < -0.39 is 21.9 Å². The number of aliphatic hydroxyl groups is 1. The molecular weight excluding hydrogens is 325 g/mol. The Labute approximate surface area is 114 Å². The molecule has 0 bridgehead atoms. The maximum Gasteiger partial charge on any atom is 0.241 e. The van der Waals surface area contributed by atoms with Gasteiger partial charge < -0.3 is 5.11 Å². The fourth-order valence-corrected chi connectivity index (χ4v) is 2.93. The quantitative estimate of drug-likeness (QED) is 0.860. The topological polar surface area (TPSA) is 66.4 Å². The predicted molar refractivity (Wildman–Crippen MR) is 70.1 cm³/mol. The molecule has 0 amide bonds. The van der Waals surface area contributed by atoms with E-state index in [-0.39, 0.29) is 21.9 Å². The molecule has 1 aromatic rings. The van der Waals surface area contributed by atoms with Gasteiger partial charge >= 0.3 is 0 Å². The van der Waals surface area contributed by atoms with Crippen molar-refractivity contribution in [1.29, 1.82) is 0 Å². The average Bonchev–Trinajstić information content (AvgIpc) is 2.29. The minimum atomic E-state index is -3.83. The van der Waals surface area contributed by atoms with Crippen molar-refractivity contribution >= 4 is 26.0 Å². The number of halogens is 2. The van der Waals surface area contributed by atoms with Crippen molar-refractivity contribution in [3.8, 4) is 0 Å². The monoisotopic (exact) mass is 339 g/mol. The van der Waals surface area contributed by atoms with Crippen LogP contribution in [-0.2, 0) is 10.0 Å². The van der Waals surface area contributed by atoms with Crippen LogP contribution >= 0.6 is 15.9 Å². The molecular formula is C11H15BrFNO3S. The van der Waals surface area contributed by atoms with Crippen molar-refractivity contribution in [2.24, 2.45) is 5.92 Å². The van der Waals surface area contributed by atoms with E-state index in [9.17, 15) is 12.8 Å². The van der Waals surface area contributed by atoms with Crippen LogP contribution in [0.3, 0.4) is 0 Å². The highest BCUT2D eigenvalue weighted by Gasteiger charge is 2.22. The van der Waals surface area contributed by atoms with Crippen LogP contribution in [-0.4, -0.2) is 26.2 Å². The number of sulfonamides is 1. The Hall–Kier alpha value is -0.500. The predicted octanol–water partition coefficient (Wildman–Crippen LogP) is 1.88. The molecule has 1 unspecified atom stereocenters. The lowest BCUT2D eigenvalue weighted by atomic mass is 10.1. The van der Waals surface area contributed by atoms with Crippen LogP contribution in [0, 0.1) is 11.7 Å². The minimum absolute atomic E-state index is 0.0647. The highest BCUT2D eigenvalue weighted by atomic mass is 79.9. The number of hydrogen-bond donors (Lipinski definition) is 2. The van der Waals surface area contributed by atoms with E-state index in [4.69, 9.17) is 5.11 Å². The van der Waals surface area contributed by atoms with Gasteiger partial charge in [-0.15, -0.1) is 0 Å². The van der Waals surface area contributed by atoms with Crippen LogP contribution < -0.4 is 4.72 Å². The second-order valence-corrected chi connectivity index (χ2v) is 6.80. The molecule has 0 fully saturated rings. The smallest absolute Gasteiger partial charge is 0.241 e. The molecule has 7 heteroatoms. The van der Waals surface area contributed by atoms with Crippen LogP contribution in [0.15, 0.2) is 27.6 Å². The summed E-state index contributed by atoms with van der Waals surface area (Å²) in [5.74, 6) is -0.715. The summed E-state index contributed by atoms with van der Waals surface area (Å²) in [7, 11) is -3.83. The van der Waals surface area contributed by atoms with E-state index >= 15 is 0 Å². The summed E-state index contributed by atoms with van der Waals surface area (Å²) >= 11 is 2.95. The van der Waals surface area contributed by atoms with Crippen LogP contribution in [0.1, 0.15) is 13.8 Å². The van der Waals surface area contributed by atoms with Crippen molar-refractivity contribution in [2.75, 3.05) is 6.61 Å². The van der Waals surface area contributed by atoms with Crippen LogP contribution in [0.4, 0.5) is 4.39 Å². The molecule has 0 spiro atoms. The third kappa shape index (κ3) is 3.74. The molecule has 0 radical (unpaired) electrons. The van der Waals surface area contributed by atoms with Gasteiger partial charge in [-0.1, -0.05) is 13.8 Å². The maximum absolute atomic E-state index is 13.3. The Morgan fingerprint density at radius 2 is 2.06 bits per heavy atom. The fourth-order valence-electron chi connectivity index (χ4n) is 1.30. The van der Waals surface area contributed by atoms with Crippen molar-refractivity contribution < 1.29 is 17.9 Å². The van der Waals surface area contributed by atoms with E-state index in [1.165, 1.54) is 12.1 Å². The maximum atomic E-state index is 13.3. The zero-order valence-electron chi connectivity index (χ0n) is 10.0. The molecule has 2 N–H and O–H groups in total. The lowest BCUT2D eigenvalue weighted by molar-refractivity contribution is 0.227. The molecule has 0 saturated heterocycles. The lowest BCUT2D eigenvalue weighted by Gasteiger charge is -2.19. The summed E-state index contributed by atoms with van der Waals surface area (Å²) in [6, 6.07) is 2.96. The minimum Gasteiger partial charge on any atom is -0.395 e. The van der Waals surface area contributed by atoms with Gasteiger partial charge in [-0.3, -0.25) is 0 Å². The molecule has 0 aliphatic heterocycles. The van der Waals surface area contributed by atoms with Crippen molar-refractivity contribution in [2.45, 2.75) is 24.8 Å². The van der Waals surface area contributed by atoms with Crippen LogP contribution in [0.25, 0.3) is 0 Å². The van der Waals surface area contributed by atoms with E-state index in [1.807, 2.05) is 0 Å². The summed E-state index contributed by atoms with van der Waals surface area (Å²) in [6.07, 6.45) is 0. The first-order chi connectivity index (χ1) is 8.27. The standard InChI is InChI=1S/C11H15BrFNO3S/c1-7(2)11(6-15)14-18(16,17)8-3-4-9(12)10(13)5-8/h3-5,7,11,14-15H,6H2,1-2H3. The van der Waals surface area contributed by atoms with Crippen molar-refractivity contribution in [3.05, 3.63) is 28.5 Å². The first-order valence-corrected chi connectivity index (χ1v) is 7.63. The number of hydrogen-bond acceptors (Lipinski definition) is 3. The van der Waals surface area contributed by atoms with E-state index in [0.717, 1.165) is 6.07 Å². The van der Waals surface area contributed by atoms with Crippen molar-refractivity contribution in [1.82, 2.24) is 4.72 Å². The largest absolute Gasteiger partial charge is 0.395 e. The Morgan fingerprint density at radius 3 is 2.50 bits per heavy atom. The molecule has 0 saturated carbocycles. The summed E-state index contributed by atoms with van der Waals surface area (Å²) in [5, 5.41) is 9.10. The first kappa shape index (κ1) is 15.6. The molecule has 18 heavy (non-hydrogen) atoms. The molecule has 1 atom stereocenters. The Kier molecular flexibility index (Phi) is 5.27. The fraction of sp³-hybridized carbons (Fsp3) is 0.455. The van der Waals surface area contributed by atoms with Gasteiger partial charge in [0.15, 0.2) is 0 Å². The third-order valence-electron chi connectivity index (χ3n) is 2.51. The second-order valence-electron chi connectivity index (χ2n) is 4.23. The Balaban J connectivity index is 3.02. The lowest BCUT2D eigenvalue weighted by Crippen LogP contribution is -2.41. The SMILES string of the molecule is CC(C)C(CO)NS(=O)(=O)c1ccc(Br)c(F)c1. The molecule has 0 heterocycles. The van der Waals surface area contributed by atoms with E-state index in [2.05, 4.69) is 20.7 Å². The average molecular weight is 340 g/mol. The summed E-state index contributed by atoms with van der Waals surface area (Å²) in [5.41, 5.74) is 0. The number of aliphatic hydroxyl groups excluding tert-OH is 1. The van der Waals surface area contributed by atoms with Gasteiger partial charge in [0.1, 0.15) is 5.82 Å². The third-order valence-corrected chi connectivity index (χ3v) is 4.64.